The van der Waals surface area contributed by atoms with Gasteiger partial charge in [-0.05, 0) is 31.1 Å². The average Bonchev–Trinajstić information content (AvgIpc) is 2.52. The van der Waals surface area contributed by atoms with E-state index < -0.39 is 0 Å². The number of hydrogen-bond donors (Lipinski definition) is 2. The predicted octanol–water partition coefficient (Wildman–Crippen LogP) is 2.77. The van der Waals surface area contributed by atoms with Crippen molar-refractivity contribution in [1.82, 2.24) is 5.43 Å². The van der Waals surface area contributed by atoms with Gasteiger partial charge < -0.3 is 4.74 Å². The third-order valence-electron chi connectivity index (χ3n) is 3.57. The molecule has 1 rings (SSSR count). The van der Waals surface area contributed by atoms with Crippen molar-refractivity contribution in [1.29, 1.82) is 0 Å². The second-order valence-corrected chi connectivity index (χ2v) is 6.05. The van der Waals surface area contributed by atoms with Gasteiger partial charge in [-0.15, -0.1) is 0 Å². The van der Waals surface area contributed by atoms with Gasteiger partial charge in [-0.1, -0.05) is 38.8 Å². The van der Waals surface area contributed by atoms with E-state index in [1.807, 2.05) is 0 Å². The van der Waals surface area contributed by atoms with Gasteiger partial charge in [0.1, 0.15) is 0 Å². The number of rotatable bonds is 4. The minimum absolute atomic E-state index is 0.0823. The van der Waals surface area contributed by atoms with Crippen LogP contribution >= 0.6 is 0 Å². The molecule has 2 atom stereocenters. The van der Waals surface area contributed by atoms with Gasteiger partial charge >= 0.3 is 0 Å². The van der Waals surface area contributed by atoms with E-state index in [0.717, 1.165) is 6.42 Å². The zero-order chi connectivity index (χ0) is 12.9. The largest absolute Gasteiger partial charge is 0.379 e. The highest BCUT2D eigenvalue weighted by Gasteiger charge is 2.33. The zero-order valence-corrected chi connectivity index (χ0v) is 11.8. The van der Waals surface area contributed by atoms with E-state index in [0.29, 0.717) is 0 Å². The Bertz CT molecular complexity index is 255. The lowest BCUT2D eigenvalue weighted by atomic mass is 9.81. The van der Waals surface area contributed by atoms with Gasteiger partial charge in [0.15, 0.2) is 0 Å². The summed E-state index contributed by atoms with van der Waals surface area (Å²) in [6, 6.07) is 0.137. The Labute approximate surface area is 106 Å². The molecular weight excluding hydrogens is 212 g/mol. The van der Waals surface area contributed by atoms with Crippen LogP contribution in [0.15, 0.2) is 11.6 Å². The fourth-order valence-corrected chi connectivity index (χ4v) is 2.70. The van der Waals surface area contributed by atoms with Crippen molar-refractivity contribution in [2.24, 2.45) is 11.3 Å². The number of ether oxygens (including phenoxy) is 1. The van der Waals surface area contributed by atoms with Gasteiger partial charge in [0.05, 0.1) is 12.1 Å². The summed E-state index contributed by atoms with van der Waals surface area (Å²) >= 11 is 0. The van der Waals surface area contributed by atoms with E-state index in [9.17, 15) is 0 Å². The normalized spacial score (nSPS) is 21.6. The Morgan fingerprint density at radius 1 is 1.29 bits per heavy atom. The Balaban J connectivity index is 2.84. The summed E-state index contributed by atoms with van der Waals surface area (Å²) in [7, 11) is 1.78. The van der Waals surface area contributed by atoms with Crippen molar-refractivity contribution in [3.8, 4) is 0 Å². The molecule has 3 N–H and O–H groups in total. The van der Waals surface area contributed by atoms with Crippen molar-refractivity contribution in [3.63, 3.8) is 0 Å². The van der Waals surface area contributed by atoms with Gasteiger partial charge in [-0.25, -0.2) is 0 Å². The Hall–Kier alpha value is -0.380. The van der Waals surface area contributed by atoms with Gasteiger partial charge in [0.25, 0.3) is 0 Å². The predicted molar refractivity (Wildman–Crippen MR) is 72.5 cm³/mol. The number of allylic oxidation sites excluding steroid dienone is 1. The fraction of sp³-hybridized carbons (Fsp3) is 0.857. The molecule has 0 aliphatic heterocycles. The topological polar surface area (TPSA) is 47.3 Å². The van der Waals surface area contributed by atoms with Crippen LogP contribution in [0.5, 0.6) is 0 Å². The molecule has 0 amide bonds. The van der Waals surface area contributed by atoms with Crippen LogP contribution in [0.2, 0.25) is 0 Å². The van der Waals surface area contributed by atoms with Crippen molar-refractivity contribution in [3.05, 3.63) is 11.6 Å². The lowest BCUT2D eigenvalue weighted by molar-refractivity contribution is -0.00315. The summed E-state index contributed by atoms with van der Waals surface area (Å²) in [5.74, 6) is 5.76. The van der Waals surface area contributed by atoms with Crippen LogP contribution in [-0.4, -0.2) is 19.3 Å². The summed E-state index contributed by atoms with van der Waals surface area (Å²) in [5, 5.41) is 0. The minimum Gasteiger partial charge on any atom is -0.379 e. The SMILES string of the molecule is COC(C(NN)C1=CCCCCC1)C(C)(C)C. The number of nitrogens with one attached hydrogen (secondary N) is 1. The van der Waals surface area contributed by atoms with Crippen molar-refractivity contribution in [2.45, 2.75) is 65.0 Å². The highest BCUT2D eigenvalue weighted by atomic mass is 16.5. The van der Waals surface area contributed by atoms with E-state index in [1.54, 1.807) is 7.11 Å². The Morgan fingerprint density at radius 2 is 2.00 bits per heavy atom. The van der Waals surface area contributed by atoms with Crippen LogP contribution in [0.3, 0.4) is 0 Å². The van der Waals surface area contributed by atoms with Gasteiger partial charge in [-0.2, -0.15) is 0 Å². The molecule has 0 aromatic rings. The maximum Gasteiger partial charge on any atom is 0.0823 e. The van der Waals surface area contributed by atoms with Gasteiger partial charge in [-0.3, -0.25) is 11.3 Å². The molecule has 0 spiro atoms. The second-order valence-electron chi connectivity index (χ2n) is 6.05. The third-order valence-corrected chi connectivity index (χ3v) is 3.57. The van der Waals surface area contributed by atoms with Crippen LogP contribution in [0.4, 0.5) is 0 Å². The van der Waals surface area contributed by atoms with Gasteiger partial charge in [0.2, 0.25) is 0 Å². The number of nitrogens with two attached hydrogens (primary N) is 1. The molecule has 3 heteroatoms. The summed E-state index contributed by atoms with van der Waals surface area (Å²) < 4.78 is 5.68. The molecule has 0 fully saturated rings. The van der Waals surface area contributed by atoms with Crippen molar-refractivity contribution < 1.29 is 4.74 Å². The summed E-state index contributed by atoms with van der Waals surface area (Å²) in [6.07, 6.45) is 8.67. The van der Waals surface area contributed by atoms with E-state index in [1.165, 1.54) is 31.3 Å². The molecule has 3 nitrogen and oxygen atoms in total. The molecule has 0 radical (unpaired) electrons. The van der Waals surface area contributed by atoms with Crippen molar-refractivity contribution in [2.75, 3.05) is 7.11 Å². The van der Waals surface area contributed by atoms with E-state index in [2.05, 4.69) is 32.3 Å². The number of hydrogen-bond acceptors (Lipinski definition) is 3. The first-order valence-corrected chi connectivity index (χ1v) is 6.68. The maximum absolute atomic E-state index is 5.76. The molecule has 0 heterocycles. The number of hydrazine groups is 1. The van der Waals surface area contributed by atoms with Crippen LogP contribution in [0.1, 0.15) is 52.9 Å². The van der Waals surface area contributed by atoms with E-state index in [4.69, 9.17) is 10.6 Å². The van der Waals surface area contributed by atoms with E-state index >= 15 is 0 Å². The maximum atomic E-state index is 5.76. The molecule has 1 aliphatic rings. The lowest BCUT2D eigenvalue weighted by Crippen LogP contribution is -2.51. The average molecular weight is 240 g/mol. The smallest absolute Gasteiger partial charge is 0.0823 e. The molecule has 17 heavy (non-hydrogen) atoms. The first kappa shape index (κ1) is 14.7. The highest BCUT2D eigenvalue weighted by molar-refractivity contribution is 5.15. The molecule has 0 saturated heterocycles. The first-order valence-electron chi connectivity index (χ1n) is 6.68. The fourth-order valence-electron chi connectivity index (χ4n) is 2.70. The summed E-state index contributed by atoms with van der Waals surface area (Å²) in [5.41, 5.74) is 4.47. The van der Waals surface area contributed by atoms with Crippen LogP contribution < -0.4 is 11.3 Å². The summed E-state index contributed by atoms with van der Waals surface area (Å²) in [6.45, 7) is 6.59. The Morgan fingerprint density at radius 3 is 2.53 bits per heavy atom. The molecular formula is C14H28N2O. The molecule has 0 aromatic carbocycles. The second kappa shape index (κ2) is 6.53. The molecule has 0 bridgehead atoms. The van der Waals surface area contributed by atoms with Crippen molar-refractivity contribution >= 4 is 0 Å². The van der Waals surface area contributed by atoms with Crippen LogP contribution in [0, 0.1) is 5.41 Å². The standard InChI is InChI=1S/C14H28N2O/c1-14(2,3)13(17-4)12(16-15)11-9-7-5-6-8-10-11/h9,12-13,16H,5-8,10,15H2,1-4H3. The first-order chi connectivity index (χ1) is 8.00. The Kier molecular flexibility index (Phi) is 5.63. The zero-order valence-electron chi connectivity index (χ0n) is 11.8. The molecule has 0 saturated carbocycles. The molecule has 1 aliphatic carbocycles. The third kappa shape index (κ3) is 4.09. The van der Waals surface area contributed by atoms with E-state index in [-0.39, 0.29) is 17.6 Å². The van der Waals surface area contributed by atoms with Gasteiger partial charge in [0, 0.05) is 7.11 Å². The molecule has 2 unspecified atom stereocenters. The lowest BCUT2D eigenvalue weighted by Gasteiger charge is -2.37. The molecule has 100 valence electrons. The molecule has 0 aromatic heterocycles. The highest BCUT2D eigenvalue weighted by Crippen LogP contribution is 2.30. The summed E-state index contributed by atoms with van der Waals surface area (Å²) in [4.78, 5) is 0. The van der Waals surface area contributed by atoms with Crippen LogP contribution in [0.25, 0.3) is 0 Å². The quantitative estimate of drug-likeness (QED) is 0.451. The monoisotopic (exact) mass is 240 g/mol. The number of methoxy groups -OCH3 is 1. The van der Waals surface area contributed by atoms with Crippen LogP contribution in [-0.2, 0) is 4.74 Å². The minimum atomic E-state index is 0.0823.